The van der Waals surface area contributed by atoms with Gasteiger partial charge in [0.1, 0.15) is 18.5 Å². The van der Waals surface area contributed by atoms with Crippen LogP contribution in [0.1, 0.15) is 44.5 Å². The van der Waals surface area contributed by atoms with E-state index < -0.39 is 54.6 Å². The van der Waals surface area contributed by atoms with Crippen molar-refractivity contribution < 1.29 is 52.0 Å². The van der Waals surface area contributed by atoms with Crippen molar-refractivity contribution in [3.63, 3.8) is 0 Å². The van der Waals surface area contributed by atoms with Crippen molar-refractivity contribution in [2.24, 2.45) is 0 Å². The van der Waals surface area contributed by atoms with Crippen LogP contribution in [0.3, 0.4) is 0 Å². The van der Waals surface area contributed by atoms with Gasteiger partial charge >= 0.3 is 23.9 Å². The minimum absolute atomic E-state index is 0.117. The van der Waals surface area contributed by atoms with Crippen LogP contribution in [0.5, 0.6) is 5.88 Å². The van der Waals surface area contributed by atoms with Crippen LogP contribution in [0.15, 0.2) is 48.5 Å². The van der Waals surface area contributed by atoms with E-state index in [0.29, 0.717) is 17.7 Å². The number of esters is 4. The molecule has 3 aromatic rings. The highest BCUT2D eigenvalue weighted by Gasteiger charge is 2.53. The number of hydrogen-bond donors (Lipinski definition) is 1. The summed E-state index contributed by atoms with van der Waals surface area (Å²) in [4.78, 5) is 47.8. The van der Waals surface area contributed by atoms with Gasteiger partial charge in [-0.1, -0.05) is 36.4 Å². The number of aromatic nitrogens is 2. The minimum atomic E-state index is -1.42. The summed E-state index contributed by atoms with van der Waals surface area (Å²) in [6.07, 6.45) is -6.27. The van der Waals surface area contributed by atoms with Gasteiger partial charge in [0, 0.05) is 45.4 Å². The van der Waals surface area contributed by atoms with Gasteiger partial charge in [0.2, 0.25) is 18.3 Å². The Hall–Kier alpha value is -4.78. The average molecular weight is 613 g/mol. The Morgan fingerprint density at radius 3 is 1.91 bits per heavy atom. The van der Waals surface area contributed by atoms with Crippen LogP contribution in [-0.2, 0) is 49.3 Å². The molecule has 1 saturated heterocycles. The number of carbonyl (C=O) groups excluding carboxylic acids is 4. The van der Waals surface area contributed by atoms with E-state index in [1.807, 2.05) is 24.3 Å². The lowest BCUT2D eigenvalue weighted by molar-refractivity contribution is -0.289. The highest BCUT2D eigenvalue weighted by molar-refractivity contribution is 5.69. The van der Waals surface area contributed by atoms with Crippen LogP contribution >= 0.6 is 0 Å². The third-order valence-electron chi connectivity index (χ3n) is 6.72. The number of halogens is 1. The molecule has 2 heterocycles. The van der Waals surface area contributed by atoms with Gasteiger partial charge in [-0.3, -0.25) is 24.3 Å². The van der Waals surface area contributed by atoms with Crippen LogP contribution in [0.25, 0.3) is 11.1 Å². The maximum Gasteiger partial charge on any atom is 0.303 e. The number of ether oxygens (including phenoxy) is 6. The molecule has 0 bridgehead atoms. The lowest BCUT2D eigenvalue weighted by atomic mass is 9.98. The molecule has 2 aromatic carbocycles. The smallest absolute Gasteiger partial charge is 0.303 e. The third kappa shape index (κ3) is 8.19. The van der Waals surface area contributed by atoms with E-state index in [9.17, 15) is 23.6 Å². The van der Waals surface area contributed by atoms with Crippen LogP contribution in [0.2, 0.25) is 0 Å². The molecule has 234 valence electrons. The largest absolute Gasteiger partial charge is 0.463 e. The SMILES string of the molecule is CC(=O)OC[C@H]1O[C@@H](Oc2n[nH]c(C)c2Cc2ccc(-c3ccc(F)cc3)cc2)[C@H](OC(C)=O)[C@@H](OC(C)=O)[C@@H]1OC(C)=O. The number of hydrogen-bond acceptors (Lipinski definition) is 11. The highest BCUT2D eigenvalue weighted by atomic mass is 19.1. The van der Waals surface area contributed by atoms with E-state index in [1.165, 1.54) is 19.1 Å². The molecule has 13 heteroatoms. The molecule has 0 unspecified atom stereocenters. The molecule has 1 N–H and O–H groups in total. The maximum absolute atomic E-state index is 13.3. The summed E-state index contributed by atoms with van der Waals surface area (Å²) in [6, 6.07) is 13.9. The number of benzene rings is 2. The van der Waals surface area contributed by atoms with Gasteiger partial charge in [-0.05, 0) is 35.7 Å². The minimum Gasteiger partial charge on any atom is -0.463 e. The number of rotatable bonds is 10. The zero-order chi connectivity index (χ0) is 32.0. The first-order valence-corrected chi connectivity index (χ1v) is 13.8. The second-order valence-corrected chi connectivity index (χ2v) is 10.2. The molecule has 1 aromatic heterocycles. The Morgan fingerprint density at radius 2 is 1.34 bits per heavy atom. The summed E-state index contributed by atoms with van der Waals surface area (Å²) in [7, 11) is 0. The molecule has 44 heavy (non-hydrogen) atoms. The third-order valence-corrected chi connectivity index (χ3v) is 6.72. The topological polar surface area (TPSA) is 152 Å². The second-order valence-electron chi connectivity index (χ2n) is 10.2. The fourth-order valence-electron chi connectivity index (χ4n) is 4.79. The van der Waals surface area contributed by atoms with Crippen LogP contribution in [0, 0.1) is 12.7 Å². The average Bonchev–Trinajstić information content (AvgIpc) is 3.29. The number of aromatic amines is 1. The summed E-state index contributed by atoms with van der Waals surface area (Å²) >= 11 is 0. The van der Waals surface area contributed by atoms with E-state index in [1.54, 1.807) is 19.1 Å². The van der Waals surface area contributed by atoms with Gasteiger partial charge in [-0.2, -0.15) is 0 Å². The molecule has 0 saturated carbocycles. The fraction of sp³-hybridized carbons (Fsp3) is 0.387. The van der Waals surface area contributed by atoms with Gasteiger partial charge in [0.05, 0.1) is 0 Å². The molecule has 0 radical (unpaired) electrons. The Labute approximate surface area is 252 Å². The van der Waals surface area contributed by atoms with E-state index in [-0.39, 0.29) is 18.3 Å². The summed E-state index contributed by atoms with van der Waals surface area (Å²) < 4.78 is 47.0. The molecule has 1 aliphatic rings. The van der Waals surface area contributed by atoms with Gasteiger partial charge < -0.3 is 28.4 Å². The Balaban J connectivity index is 1.63. The van der Waals surface area contributed by atoms with Crippen LogP contribution in [-0.4, -0.2) is 71.4 Å². The number of H-pyrrole nitrogens is 1. The molecule has 1 fully saturated rings. The van der Waals surface area contributed by atoms with Crippen molar-refractivity contribution in [2.75, 3.05) is 6.61 Å². The predicted molar refractivity (Wildman–Crippen MR) is 151 cm³/mol. The van der Waals surface area contributed by atoms with E-state index in [0.717, 1.165) is 37.5 Å². The first-order chi connectivity index (χ1) is 20.9. The molecule has 12 nitrogen and oxygen atoms in total. The van der Waals surface area contributed by atoms with Crippen molar-refractivity contribution in [3.05, 3.63) is 71.2 Å². The lowest BCUT2D eigenvalue weighted by Crippen LogP contribution is -2.63. The van der Waals surface area contributed by atoms with Crippen molar-refractivity contribution in [1.29, 1.82) is 0 Å². The zero-order valence-electron chi connectivity index (χ0n) is 24.8. The van der Waals surface area contributed by atoms with Crippen LogP contribution in [0.4, 0.5) is 4.39 Å². The standard InChI is InChI=1S/C31H33FN2O10/c1-16-25(14-21-6-8-22(9-7-21)23-10-12-24(32)13-11-23)30(34-33-16)44-31-29(42-20(5)38)28(41-19(4)37)27(40-18(3)36)26(43-31)15-39-17(2)35/h6-13,26-29,31H,14-15H2,1-5H3,(H,33,34)/t26-,27-,28+,29-,31+/m1/s1. The van der Waals surface area contributed by atoms with E-state index in [4.69, 9.17) is 28.4 Å². The monoisotopic (exact) mass is 612 g/mol. The first-order valence-electron chi connectivity index (χ1n) is 13.8. The summed E-state index contributed by atoms with van der Waals surface area (Å²) in [5.74, 6) is -3.06. The molecule has 1 aliphatic heterocycles. The molecule has 0 aliphatic carbocycles. The summed E-state index contributed by atoms with van der Waals surface area (Å²) in [5.41, 5.74) is 4.03. The Kier molecular flexibility index (Phi) is 10.3. The van der Waals surface area contributed by atoms with Gasteiger partial charge in [0.25, 0.3) is 0 Å². The van der Waals surface area contributed by atoms with Crippen molar-refractivity contribution in [2.45, 2.75) is 71.7 Å². The molecule has 0 amide bonds. The van der Waals surface area contributed by atoms with Gasteiger partial charge in [0.15, 0.2) is 12.2 Å². The highest BCUT2D eigenvalue weighted by Crippen LogP contribution is 2.33. The van der Waals surface area contributed by atoms with E-state index >= 15 is 0 Å². The Bertz CT molecular complexity index is 1490. The number of nitrogens with zero attached hydrogens (tertiary/aromatic N) is 1. The van der Waals surface area contributed by atoms with Crippen molar-refractivity contribution >= 4 is 23.9 Å². The zero-order valence-corrected chi connectivity index (χ0v) is 24.8. The second kappa shape index (κ2) is 14.1. The normalized spacial score (nSPS) is 21.2. The van der Waals surface area contributed by atoms with Crippen molar-refractivity contribution in [3.8, 4) is 17.0 Å². The van der Waals surface area contributed by atoms with Gasteiger partial charge in [-0.25, -0.2) is 4.39 Å². The summed E-state index contributed by atoms with van der Waals surface area (Å²) in [6.45, 7) is 6.03. The fourth-order valence-corrected chi connectivity index (χ4v) is 4.79. The molecule has 4 rings (SSSR count). The van der Waals surface area contributed by atoms with Crippen LogP contribution < -0.4 is 4.74 Å². The Morgan fingerprint density at radius 1 is 0.795 bits per heavy atom. The van der Waals surface area contributed by atoms with Gasteiger partial charge in [-0.15, -0.1) is 5.10 Å². The molecule has 0 spiro atoms. The number of nitrogens with one attached hydrogen (secondary N) is 1. The number of aryl methyl sites for hydroxylation is 1. The molecular weight excluding hydrogens is 579 g/mol. The first kappa shape index (κ1) is 32.1. The molecule has 5 atom stereocenters. The number of carbonyl (C=O) groups is 4. The maximum atomic E-state index is 13.3. The lowest BCUT2D eigenvalue weighted by Gasteiger charge is -2.43. The predicted octanol–water partition coefficient (Wildman–Crippen LogP) is 3.58. The molecular formula is C31H33FN2O10. The quantitative estimate of drug-likeness (QED) is 0.264. The summed E-state index contributed by atoms with van der Waals surface area (Å²) in [5, 5.41) is 7.14. The van der Waals surface area contributed by atoms with E-state index in [2.05, 4.69) is 10.2 Å². The van der Waals surface area contributed by atoms with Crippen molar-refractivity contribution in [1.82, 2.24) is 10.2 Å².